The molecular formula is C19H20FN3O2S. The minimum absolute atomic E-state index is 0.0878. The van der Waals surface area contributed by atoms with Gasteiger partial charge in [0.25, 0.3) is 0 Å². The number of likely N-dealkylation sites (N-methyl/N-ethyl adjacent to an activating group) is 1. The fourth-order valence-corrected chi connectivity index (χ4v) is 4.81. The van der Waals surface area contributed by atoms with Crippen LogP contribution in [0.2, 0.25) is 0 Å². The lowest BCUT2D eigenvalue weighted by atomic mass is 10.2. The van der Waals surface area contributed by atoms with E-state index in [4.69, 9.17) is 0 Å². The second-order valence-electron chi connectivity index (χ2n) is 6.60. The minimum Gasteiger partial charge on any atom is -0.367 e. The van der Waals surface area contributed by atoms with Crippen molar-refractivity contribution >= 4 is 26.4 Å². The predicted octanol–water partition coefficient (Wildman–Crippen LogP) is 2.89. The van der Waals surface area contributed by atoms with E-state index in [-0.39, 0.29) is 9.79 Å². The van der Waals surface area contributed by atoms with Crippen molar-refractivity contribution in [2.75, 3.05) is 38.1 Å². The van der Waals surface area contributed by atoms with Crippen LogP contribution in [0.15, 0.2) is 58.5 Å². The van der Waals surface area contributed by atoms with E-state index < -0.39 is 15.7 Å². The summed E-state index contributed by atoms with van der Waals surface area (Å²) in [7, 11) is -1.62. The molecule has 1 N–H and O–H groups in total. The molecule has 3 aromatic rings. The summed E-state index contributed by atoms with van der Waals surface area (Å²) >= 11 is 0. The van der Waals surface area contributed by atoms with Crippen LogP contribution in [0.3, 0.4) is 0 Å². The molecule has 0 amide bonds. The van der Waals surface area contributed by atoms with Crippen LogP contribution < -0.4 is 4.90 Å². The van der Waals surface area contributed by atoms with E-state index in [0.717, 1.165) is 49.5 Å². The molecule has 0 spiro atoms. The monoisotopic (exact) mass is 373 g/mol. The first kappa shape index (κ1) is 17.1. The lowest BCUT2D eigenvalue weighted by Gasteiger charge is -2.34. The molecular weight excluding hydrogens is 353 g/mol. The number of halogens is 1. The van der Waals surface area contributed by atoms with E-state index >= 15 is 0 Å². The third-order valence-electron chi connectivity index (χ3n) is 4.91. The summed E-state index contributed by atoms with van der Waals surface area (Å²) < 4.78 is 39.1. The van der Waals surface area contributed by atoms with Crippen molar-refractivity contribution in [2.45, 2.75) is 9.79 Å². The van der Waals surface area contributed by atoms with Crippen molar-refractivity contribution in [2.24, 2.45) is 0 Å². The van der Waals surface area contributed by atoms with Gasteiger partial charge in [-0.3, -0.25) is 0 Å². The van der Waals surface area contributed by atoms with Gasteiger partial charge in [0.1, 0.15) is 5.82 Å². The van der Waals surface area contributed by atoms with Crippen LogP contribution in [0, 0.1) is 5.82 Å². The van der Waals surface area contributed by atoms with Gasteiger partial charge in [0, 0.05) is 37.8 Å². The molecule has 1 fully saturated rings. The first-order valence-electron chi connectivity index (χ1n) is 8.51. The molecule has 0 atom stereocenters. The van der Waals surface area contributed by atoms with E-state index in [2.05, 4.69) is 21.8 Å². The maximum atomic E-state index is 13.1. The average molecular weight is 373 g/mol. The average Bonchev–Trinajstić information content (AvgIpc) is 3.08. The Labute approximate surface area is 152 Å². The molecule has 0 radical (unpaired) electrons. The van der Waals surface area contributed by atoms with Gasteiger partial charge >= 0.3 is 0 Å². The Morgan fingerprint density at radius 2 is 1.69 bits per heavy atom. The molecule has 1 aliphatic heterocycles. The van der Waals surface area contributed by atoms with Gasteiger partial charge in [-0.15, -0.1) is 0 Å². The number of rotatable bonds is 3. The zero-order chi connectivity index (χ0) is 18.3. The number of anilines is 1. The number of aromatic nitrogens is 1. The third kappa shape index (κ3) is 2.87. The molecule has 7 heteroatoms. The number of hydrogen-bond donors (Lipinski definition) is 1. The molecule has 1 saturated heterocycles. The van der Waals surface area contributed by atoms with Crippen molar-refractivity contribution in [3.05, 3.63) is 54.5 Å². The van der Waals surface area contributed by atoms with Gasteiger partial charge < -0.3 is 14.8 Å². The molecule has 0 unspecified atom stereocenters. The van der Waals surface area contributed by atoms with E-state index in [1.54, 1.807) is 0 Å². The number of aromatic amines is 1. The van der Waals surface area contributed by atoms with Crippen LogP contribution in [0.5, 0.6) is 0 Å². The van der Waals surface area contributed by atoms with Crippen molar-refractivity contribution < 1.29 is 12.8 Å². The van der Waals surface area contributed by atoms with E-state index in [0.29, 0.717) is 5.39 Å². The highest BCUT2D eigenvalue weighted by atomic mass is 32.2. The van der Waals surface area contributed by atoms with Crippen LogP contribution in [0.4, 0.5) is 10.1 Å². The predicted molar refractivity (Wildman–Crippen MR) is 99.9 cm³/mol. The highest BCUT2D eigenvalue weighted by Crippen LogP contribution is 2.33. The fraction of sp³-hybridized carbons (Fsp3) is 0.263. The van der Waals surface area contributed by atoms with Crippen LogP contribution in [0.25, 0.3) is 10.9 Å². The smallest absolute Gasteiger partial charge is 0.208 e. The first-order chi connectivity index (χ1) is 12.5. The summed E-state index contributed by atoms with van der Waals surface area (Å²) in [5.74, 6) is -0.458. The Kier molecular flexibility index (Phi) is 4.20. The maximum Gasteiger partial charge on any atom is 0.208 e. The fourth-order valence-electron chi connectivity index (χ4n) is 3.39. The number of H-pyrrole nitrogens is 1. The second kappa shape index (κ2) is 6.41. The number of fused-ring (bicyclic) bond motifs is 1. The lowest BCUT2D eigenvalue weighted by Crippen LogP contribution is -2.44. The molecule has 1 aliphatic rings. The molecule has 4 rings (SSSR count). The van der Waals surface area contributed by atoms with E-state index in [1.807, 2.05) is 18.2 Å². The van der Waals surface area contributed by atoms with Crippen molar-refractivity contribution in [3.8, 4) is 0 Å². The molecule has 0 bridgehead atoms. The Morgan fingerprint density at radius 1 is 1.00 bits per heavy atom. The van der Waals surface area contributed by atoms with Crippen molar-refractivity contribution in [1.82, 2.24) is 9.88 Å². The lowest BCUT2D eigenvalue weighted by molar-refractivity contribution is 0.313. The molecule has 2 aromatic carbocycles. The SMILES string of the molecule is CN1CCN(c2cccc3c(S(=O)(=O)c4ccc(F)cc4)c[nH]c23)CC1. The molecule has 0 saturated carbocycles. The molecule has 5 nitrogen and oxygen atoms in total. The second-order valence-corrected chi connectivity index (χ2v) is 8.52. The summed E-state index contributed by atoms with van der Waals surface area (Å²) in [6.45, 7) is 3.74. The Balaban J connectivity index is 1.78. The first-order valence-corrected chi connectivity index (χ1v) is 9.99. The van der Waals surface area contributed by atoms with Gasteiger partial charge in [-0.05, 0) is 37.4 Å². The normalized spacial score (nSPS) is 16.3. The number of benzene rings is 2. The minimum atomic E-state index is -3.72. The number of sulfone groups is 1. The summed E-state index contributed by atoms with van der Waals surface area (Å²) in [6.07, 6.45) is 1.53. The number of hydrogen-bond acceptors (Lipinski definition) is 4. The van der Waals surface area contributed by atoms with Gasteiger partial charge in [-0.1, -0.05) is 12.1 Å². The summed E-state index contributed by atoms with van der Waals surface area (Å²) in [6, 6.07) is 10.6. The van der Waals surface area contributed by atoms with Crippen molar-refractivity contribution in [1.29, 1.82) is 0 Å². The summed E-state index contributed by atoms with van der Waals surface area (Å²) in [5.41, 5.74) is 1.83. The Bertz CT molecular complexity index is 1040. The maximum absolute atomic E-state index is 13.1. The van der Waals surface area contributed by atoms with Crippen LogP contribution >= 0.6 is 0 Å². The van der Waals surface area contributed by atoms with E-state index in [1.165, 1.54) is 18.3 Å². The van der Waals surface area contributed by atoms with Gasteiger partial charge in [0.05, 0.1) is 21.0 Å². The largest absolute Gasteiger partial charge is 0.367 e. The molecule has 136 valence electrons. The number of nitrogens with zero attached hydrogens (tertiary/aromatic N) is 2. The van der Waals surface area contributed by atoms with Gasteiger partial charge in [-0.25, -0.2) is 12.8 Å². The topological polar surface area (TPSA) is 56.4 Å². The molecule has 26 heavy (non-hydrogen) atoms. The summed E-state index contributed by atoms with van der Waals surface area (Å²) in [4.78, 5) is 7.99. The van der Waals surface area contributed by atoms with Crippen LogP contribution in [0.1, 0.15) is 0 Å². The zero-order valence-corrected chi connectivity index (χ0v) is 15.3. The molecule has 1 aromatic heterocycles. The van der Waals surface area contributed by atoms with Gasteiger partial charge in [-0.2, -0.15) is 0 Å². The Morgan fingerprint density at radius 3 is 2.38 bits per heavy atom. The van der Waals surface area contributed by atoms with Crippen LogP contribution in [-0.2, 0) is 9.84 Å². The highest BCUT2D eigenvalue weighted by molar-refractivity contribution is 7.91. The van der Waals surface area contributed by atoms with Gasteiger partial charge in [0.15, 0.2) is 0 Å². The third-order valence-corrected chi connectivity index (χ3v) is 6.72. The number of para-hydroxylation sites is 1. The summed E-state index contributed by atoms with van der Waals surface area (Å²) in [5, 5.41) is 0.658. The number of piperazine rings is 1. The standard InChI is InChI=1S/C19H20FN3O2S/c1-22-9-11-23(12-10-22)17-4-2-3-16-18(13-21-19(16)17)26(24,25)15-7-5-14(20)6-8-15/h2-8,13,21H,9-12H2,1H3. The molecule has 0 aliphatic carbocycles. The van der Waals surface area contributed by atoms with Crippen LogP contribution in [-0.4, -0.2) is 51.5 Å². The van der Waals surface area contributed by atoms with Gasteiger partial charge in [0.2, 0.25) is 9.84 Å². The molecule has 2 heterocycles. The number of nitrogens with one attached hydrogen (secondary N) is 1. The quantitative estimate of drug-likeness (QED) is 0.718. The Hall–Kier alpha value is -2.38. The highest BCUT2D eigenvalue weighted by Gasteiger charge is 2.24. The van der Waals surface area contributed by atoms with Crippen molar-refractivity contribution in [3.63, 3.8) is 0 Å². The zero-order valence-electron chi connectivity index (χ0n) is 14.4. The van der Waals surface area contributed by atoms with E-state index in [9.17, 15) is 12.8 Å².